The number of rotatable bonds is 4. The number of nitrogens with one attached hydrogen (secondary N) is 1. The minimum absolute atomic E-state index is 0.0135. The fourth-order valence-corrected chi connectivity index (χ4v) is 5.71. The highest BCUT2D eigenvalue weighted by Crippen LogP contribution is 2.32. The van der Waals surface area contributed by atoms with Crippen molar-refractivity contribution in [2.75, 3.05) is 16.2 Å². The smallest absolute Gasteiger partial charge is 0.268 e. The minimum atomic E-state index is -3.73. The summed E-state index contributed by atoms with van der Waals surface area (Å²) in [5, 5.41) is 3.76. The van der Waals surface area contributed by atoms with Gasteiger partial charge in [-0.15, -0.1) is 11.3 Å². The van der Waals surface area contributed by atoms with E-state index in [-0.39, 0.29) is 10.8 Å². The van der Waals surface area contributed by atoms with Crippen molar-refractivity contribution in [3.8, 4) is 0 Å². The van der Waals surface area contributed by atoms with E-state index in [2.05, 4.69) is 4.72 Å². The lowest BCUT2D eigenvalue weighted by Crippen LogP contribution is -2.35. The van der Waals surface area contributed by atoms with Gasteiger partial charge >= 0.3 is 0 Å². The lowest BCUT2D eigenvalue weighted by molar-refractivity contribution is 0.0989. The highest BCUT2D eigenvalue weighted by molar-refractivity contribution is 7.92. The molecular weight excluding hydrogens is 428 g/mol. The van der Waals surface area contributed by atoms with E-state index in [1.54, 1.807) is 23.1 Å². The first kappa shape index (κ1) is 19.8. The molecule has 5 rings (SSSR count). The van der Waals surface area contributed by atoms with Gasteiger partial charge in [-0.05, 0) is 71.0 Å². The minimum Gasteiger partial charge on any atom is -0.307 e. The molecule has 1 aliphatic rings. The first-order chi connectivity index (χ1) is 15.0. The summed E-state index contributed by atoms with van der Waals surface area (Å²) in [5.74, 6) is -0.0135. The highest BCUT2D eigenvalue weighted by atomic mass is 32.2. The lowest BCUT2D eigenvalue weighted by atomic mass is 10.0. The number of carbonyl (C=O) groups excluding carboxylic acids is 1. The van der Waals surface area contributed by atoms with Gasteiger partial charge in [0, 0.05) is 17.9 Å². The molecule has 0 radical (unpaired) electrons. The highest BCUT2D eigenvalue weighted by Gasteiger charge is 2.25. The second-order valence-corrected chi connectivity index (χ2v) is 10.1. The molecule has 5 nitrogen and oxygen atoms in total. The molecule has 0 fully saturated rings. The topological polar surface area (TPSA) is 66.5 Å². The van der Waals surface area contributed by atoms with Crippen LogP contribution in [0.25, 0.3) is 10.8 Å². The van der Waals surface area contributed by atoms with Gasteiger partial charge in [0.2, 0.25) is 0 Å². The van der Waals surface area contributed by atoms with Crippen LogP contribution in [0.2, 0.25) is 0 Å². The fourth-order valence-electron chi connectivity index (χ4n) is 3.95. The first-order valence-electron chi connectivity index (χ1n) is 10.0. The van der Waals surface area contributed by atoms with Gasteiger partial charge in [0.15, 0.2) is 0 Å². The second-order valence-electron chi connectivity index (χ2n) is 7.50. The van der Waals surface area contributed by atoms with Gasteiger partial charge in [0.25, 0.3) is 15.9 Å². The van der Waals surface area contributed by atoms with Crippen molar-refractivity contribution >= 4 is 49.4 Å². The monoisotopic (exact) mass is 448 g/mol. The second kappa shape index (κ2) is 7.83. The summed E-state index contributed by atoms with van der Waals surface area (Å²) in [7, 11) is -3.73. The standard InChI is InChI=1S/C24H20N2O3S2/c27-24(23-8-4-14-30-23)26-13-3-7-19-15-20(10-12-22(19)26)25-31(28,29)21-11-9-17-5-1-2-6-18(17)16-21/h1-2,4-6,8-12,14-16,25H,3,7,13H2. The Balaban J connectivity index is 1.43. The third-order valence-electron chi connectivity index (χ3n) is 5.46. The maximum atomic E-state index is 13.0. The predicted octanol–water partition coefficient (Wildman–Crippen LogP) is 5.30. The van der Waals surface area contributed by atoms with E-state index in [1.165, 1.54) is 11.3 Å². The zero-order valence-corrected chi connectivity index (χ0v) is 18.2. The van der Waals surface area contributed by atoms with Crippen molar-refractivity contribution < 1.29 is 13.2 Å². The van der Waals surface area contributed by atoms with Crippen molar-refractivity contribution in [2.45, 2.75) is 17.7 Å². The number of thiophene rings is 1. The van der Waals surface area contributed by atoms with Crippen LogP contribution in [0, 0.1) is 0 Å². The molecule has 1 N–H and O–H groups in total. The Bertz CT molecular complexity index is 1380. The van der Waals surface area contributed by atoms with Gasteiger partial charge in [-0.2, -0.15) is 0 Å². The van der Waals surface area contributed by atoms with Crippen molar-refractivity contribution in [1.82, 2.24) is 0 Å². The van der Waals surface area contributed by atoms with Crippen LogP contribution in [-0.2, 0) is 16.4 Å². The average molecular weight is 449 g/mol. The van der Waals surface area contributed by atoms with E-state index < -0.39 is 10.0 Å². The van der Waals surface area contributed by atoms with Crippen LogP contribution in [0.3, 0.4) is 0 Å². The Hall–Kier alpha value is -3.16. The fraction of sp³-hybridized carbons (Fsp3) is 0.125. The molecule has 0 spiro atoms. The average Bonchev–Trinajstić information content (AvgIpc) is 3.32. The number of nitrogens with zero attached hydrogens (tertiary/aromatic N) is 1. The van der Waals surface area contributed by atoms with Gasteiger partial charge in [-0.3, -0.25) is 9.52 Å². The molecule has 3 aromatic carbocycles. The van der Waals surface area contributed by atoms with Crippen molar-refractivity contribution in [2.24, 2.45) is 0 Å². The van der Waals surface area contributed by atoms with Crippen molar-refractivity contribution in [3.63, 3.8) is 0 Å². The number of anilines is 2. The molecule has 0 aliphatic carbocycles. The van der Waals surface area contributed by atoms with Gasteiger partial charge in [-0.1, -0.05) is 36.4 Å². The maximum absolute atomic E-state index is 13.0. The molecule has 0 unspecified atom stereocenters. The molecule has 0 bridgehead atoms. The molecule has 7 heteroatoms. The lowest BCUT2D eigenvalue weighted by Gasteiger charge is -2.29. The SMILES string of the molecule is O=C(c1cccs1)N1CCCc2cc(NS(=O)(=O)c3ccc4ccccc4c3)ccc21. The number of carbonyl (C=O) groups is 1. The van der Waals surface area contributed by atoms with E-state index in [9.17, 15) is 13.2 Å². The number of amides is 1. The third kappa shape index (κ3) is 3.82. The predicted molar refractivity (Wildman–Crippen MR) is 126 cm³/mol. The molecule has 2 heterocycles. The van der Waals surface area contributed by atoms with E-state index in [1.807, 2.05) is 60.0 Å². The van der Waals surface area contributed by atoms with Crippen LogP contribution in [0.4, 0.5) is 11.4 Å². The Labute approximate surface area is 185 Å². The third-order valence-corrected chi connectivity index (χ3v) is 7.70. The van der Waals surface area contributed by atoms with Crippen LogP contribution >= 0.6 is 11.3 Å². The van der Waals surface area contributed by atoms with E-state index >= 15 is 0 Å². The van der Waals surface area contributed by atoms with Gasteiger partial charge in [0.05, 0.1) is 9.77 Å². The largest absolute Gasteiger partial charge is 0.307 e. The zero-order valence-electron chi connectivity index (χ0n) is 16.6. The van der Waals surface area contributed by atoms with Crippen LogP contribution in [0.5, 0.6) is 0 Å². The maximum Gasteiger partial charge on any atom is 0.268 e. The molecule has 156 valence electrons. The quantitative estimate of drug-likeness (QED) is 0.461. The molecular formula is C24H20N2O3S2. The Morgan fingerprint density at radius 3 is 2.58 bits per heavy atom. The molecule has 1 amide bonds. The van der Waals surface area contributed by atoms with Crippen LogP contribution < -0.4 is 9.62 Å². The Morgan fingerprint density at radius 2 is 1.77 bits per heavy atom. The summed E-state index contributed by atoms with van der Waals surface area (Å²) in [6.07, 6.45) is 1.64. The number of hydrogen-bond acceptors (Lipinski definition) is 4. The number of hydrogen-bond donors (Lipinski definition) is 1. The van der Waals surface area contributed by atoms with Gasteiger partial charge in [-0.25, -0.2) is 8.42 Å². The molecule has 31 heavy (non-hydrogen) atoms. The molecule has 4 aromatic rings. The molecule has 0 atom stereocenters. The summed E-state index contributed by atoms with van der Waals surface area (Å²) >= 11 is 1.43. The van der Waals surface area contributed by atoms with Crippen LogP contribution in [0.15, 0.2) is 83.1 Å². The number of benzene rings is 3. The first-order valence-corrected chi connectivity index (χ1v) is 12.4. The van der Waals surface area contributed by atoms with E-state index in [4.69, 9.17) is 0 Å². The zero-order chi connectivity index (χ0) is 21.4. The van der Waals surface area contributed by atoms with Gasteiger partial charge < -0.3 is 4.90 Å². The molecule has 1 aromatic heterocycles. The number of fused-ring (bicyclic) bond motifs is 2. The Kier molecular flexibility index (Phi) is 5.00. The molecule has 0 saturated carbocycles. The summed E-state index contributed by atoms with van der Waals surface area (Å²) in [6, 6.07) is 21.8. The van der Waals surface area contributed by atoms with Gasteiger partial charge in [0.1, 0.15) is 0 Å². The van der Waals surface area contributed by atoms with Crippen molar-refractivity contribution in [1.29, 1.82) is 0 Å². The summed E-state index contributed by atoms with van der Waals surface area (Å²) in [4.78, 5) is 15.6. The normalized spacial score (nSPS) is 13.7. The van der Waals surface area contributed by atoms with E-state index in [0.717, 1.165) is 34.9 Å². The Morgan fingerprint density at radius 1 is 0.935 bits per heavy atom. The number of sulfonamides is 1. The molecule has 0 saturated heterocycles. The molecule has 1 aliphatic heterocycles. The summed E-state index contributed by atoms with van der Waals surface area (Å²) < 4.78 is 28.6. The number of aryl methyl sites for hydroxylation is 1. The summed E-state index contributed by atoms with van der Waals surface area (Å²) in [5.41, 5.74) is 2.31. The van der Waals surface area contributed by atoms with Crippen molar-refractivity contribution in [3.05, 3.63) is 88.6 Å². The summed E-state index contributed by atoms with van der Waals surface area (Å²) in [6.45, 7) is 0.659. The van der Waals surface area contributed by atoms with E-state index in [0.29, 0.717) is 17.1 Å². The van der Waals surface area contributed by atoms with Crippen LogP contribution in [0.1, 0.15) is 21.7 Å². The van der Waals surface area contributed by atoms with Crippen LogP contribution in [-0.4, -0.2) is 20.9 Å².